The van der Waals surface area contributed by atoms with Crippen molar-refractivity contribution in [1.29, 1.82) is 0 Å². The predicted molar refractivity (Wildman–Crippen MR) is 156 cm³/mol. The monoisotopic (exact) mass is 602 g/mol. The Hall–Kier alpha value is -2.46. The molecule has 0 radical (unpaired) electrons. The van der Waals surface area contributed by atoms with Gasteiger partial charge in [0.05, 0.1) is 34.5 Å². The summed E-state index contributed by atoms with van der Waals surface area (Å²) in [5.41, 5.74) is 4.82. The molecular weight excluding hydrogens is 559 g/mol. The number of hydrogen-bond acceptors (Lipinski definition) is 8. The molecule has 9 nitrogen and oxygen atoms in total. The van der Waals surface area contributed by atoms with E-state index < -0.39 is 5.97 Å². The number of rotatable bonds is 10. The zero-order valence-electron chi connectivity index (χ0n) is 26.4. The molecule has 1 fully saturated rings. The van der Waals surface area contributed by atoms with Crippen molar-refractivity contribution in [1.82, 2.24) is 9.80 Å². The van der Waals surface area contributed by atoms with Crippen LogP contribution in [0.15, 0.2) is 24.3 Å². The summed E-state index contributed by atoms with van der Waals surface area (Å²) in [7, 11) is 6.61. The minimum atomic E-state index is -1.20. The van der Waals surface area contributed by atoms with Gasteiger partial charge in [-0.3, -0.25) is 9.69 Å². The van der Waals surface area contributed by atoms with Crippen molar-refractivity contribution in [2.45, 2.75) is 64.0 Å². The van der Waals surface area contributed by atoms with E-state index in [4.69, 9.17) is 18.9 Å². The number of carboxylic acid groups (broad SMARTS) is 1. The summed E-state index contributed by atoms with van der Waals surface area (Å²) < 4.78 is 22.5. The van der Waals surface area contributed by atoms with E-state index in [1.807, 2.05) is 17.0 Å². The van der Waals surface area contributed by atoms with Gasteiger partial charge in [0, 0.05) is 38.1 Å². The summed E-state index contributed by atoms with van der Waals surface area (Å²) in [6, 6.07) is 8.40. The number of ether oxygens (including phenoxy) is 4. The maximum absolute atomic E-state index is 13.5. The van der Waals surface area contributed by atoms with Crippen LogP contribution in [0.1, 0.15) is 73.4 Å². The van der Waals surface area contributed by atoms with Gasteiger partial charge in [-0.15, -0.1) is 0 Å². The zero-order valence-corrected chi connectivity index (χ0v) is 28.4. The van der Waals surface area contributed by atoms with Crippen molar-refractivity contribution < 1.29 is 63.2 Å². The molecule has 228 valence electrons. The van der Waals surface area contributed by atoms with Gasteiger partial charge >= 0.3 is 29.6 Å². The molecule has 0 bridgehead atoms. The molecule has 4 atom stereocenters. The van der Waals surface area contributed by atoms with Crippen LogP contribution in [0.4, 0.5) is 0 Å². The molecule has 0 saturated carbocycles. The topological polar surface area (TPSA) is 101 Å². The van der Waals surface area contributed by atoms with E-state index >= 15 is 0 Å². The molecule has 0 aromatic heterocycles. The first kappa shape index (κ1) is 33.4. The molecule has 5 rings (SSSR count). The minimum absolute atomic E-state index is 0. The average Bonchev–Trinajstić information content (AvgIpc) is 3.01. The first-order valence-corrected chi connectivity index (χ1v) is 15.0. The molecule has 0 spiro atoms. The second kappa shape index (κ2) is 14.5. The number of aliphatic carboxylic acids is 1. The van der Waals surface area contributed by atoms with Crippen LogP contribution in [0.5, 0.6) is 23.0 Å². The van der Waals surface area contributed by atoms with Crippen molar-refractivity contribution in [3.8, 4) is 23.0 Å². The van der Waals surface area contributed by atoms with E-state index in [-0.39, 0.29) is 60.4 Å². The van der Waals surface area contributed by atoms with Crippen molar-refractivity contribution >= 4 is 11.9 Å². The van der Waals surface area contributed by atoms with Crippen molar-refractivity contribution in [3.63, 3.8) is 0 Å². The number of benzene rings is 2. The Labute approximate surface area is 277 Å². The van der Waals surface area contributed by atoms with Crippen LogP contribution in [-0.2, 0) is 22.4 Å². The second-order valence-electron chi connectivity index (χ2n) is 11.7. The predicted octanol–water partition coefficient (Wildman–Crippen LogP) is 0.717. The zero-order chi connectivity index (χ0) is 30.0. The quantitative estimate of drug-likeness (QED) is 0.367. The standard InChI is InChI=1S/C33H44N2O7.Na/c1-6-20-19-34-11-9-21-15-28(39-2)30(41-4)17-24(21)26(34)13-23(20)14-27-25-18-31(42-5)29(40-3)16-22(25)10-12-35(27)32(36)7-8-33(37)38;/h15-18,20,23,26-27H,6-14,19H2,1-5H3,(H,37,38);/q;+1/p-1/t20-,23+,26-,27+;/m0./s1. The molecule has 2 aromatic rings. The first-order valence-electron chi connectivity index (χ1n) is 15.0. The van der Waals surface area contributed by atoms with Crippen molar-refractivity contribution in [2.75, 3.05) is 48.1 Å². The van der Waals surface area contributed by atoms with E-state index in [2.05, 4.69) is 24.0 Å². The van der Waals surface area contributed by atoms with Gasteiger partial charge in [0.1, 0.15) is 0 Å². The van der Waals surface area contributed by atoms with E-state index in [1.54, 1.807) is 28.4 Å². The second-order valence-corrected chi connectivity index (χ2v) is 11.7. The molecule has 1 amide bonds. The third kappa shape index (κ3) is 6.80. The fourth-order valence-electron chi connectivity index (χ4n) is 7.48. The molecule has 2 aromatic carbocycles. The van der Waals surface area contributed by atoms with Crippen LogP contribution in [-0.4, -0.2) is 69.7 Å². The van der Waals surface area contributed by atoms with Gasteiger partial charge in [-0.25, -0.2) is 0 Å². The smallest absolute Gasteiger partial charge is 0.550 e. The van der Waals surface area contributed by atoms with E-state index in [9.17, 15) is 14.7 Å². The molecule has 43 heavy (non-hydrogen) atoms. The van der Waals surface area contributed by atoms with Crippen LogP contribution in [0, 0.1) is 11.8 Å². The summed E-state index contributed by atoms with van der Waals surface area (Å²) in [6.07, 6.45) is 4.14. The number of amides is 1. The van der Waals surface area contributed by atoms with Crippen LogP contribution in [0.3, 0.4) is 0 Å². The normalized spacial score (nSPS) is 22.8. The van der Waals surface area contributed by atoms with E-state index in [1.165, 1.54) is 11.1 Å². The van der Waals surface area contributed by atoms with Gasteiger partial charge in [0.2, 0.25) is 5.91 Å². The molecule has 3 aliphatic heterocycles. The summed E-state index contributed by atoms with van der Waals surface area (Å²) in [5.74, 6) is 2.31. The molecule has 3 heterocycles. The number of carboxylic acids is 1. The van der Waals surface area contributed by atoms with Gasteiger partial charge in [-0.2, -0.15) is 0 Å². The molecular formula is C33H43N2NaO7. The molecule has 1 saturated heterocycles. The largest absolute Gasteiger partial charge is 1.00 e. The fraction of sp³-hybridized carbons (Fsp3) is 0.576. The maximum Gasteiger partial charge on any atom is 1.00 e. The molecule has 0 unspecified atom stereocenters. The summed E-state index contributed by atoms with van der Waals surface area (Å²) in [4.78, 5) is 29.2. The van der Waals surface area contributed by atoms with Crippen LogP contribution >= 0.6 is 0 Å². The number of methoxy groups -OCH3 is 4. The summed E-state index contributed by atoms with van der Waals surface area (Å²) >= 11 is 0. The van der Waals surface area contributed by atoms with Gasteiger partial charge in [-0.1, -0.05) is 13.3 Å². The third-order valence-corrected chi connectivity index (χ3v) is 9.69. The Kier molecular flexibility index (Phi) is 11.3. The van der Waals surface area contributed by atoms with Crippen molar-refractivity contribution in [2.24, 2.45) is 11.8 Å². The average molecular weight is 603 g/mol. The van der Waals surface area contributed by atoms with Crippen molar-refractivity contribution in [3.05, 3.63) is 46.5 Å². The third-order valence-electron chi connectivity index (χ3n) is 9.69. The molecule has 10 heteroatoms. The number of carbonyl (C=O) groups is 2. The number of carbonyl (C=O) groups excluding carboxylic acids is 2. The summed E-state index contributed by atoms with van der Waals surface area (Å²) in [6.45, 7) is 4.81. The van der Waals surface area contributed by atoms with Gasteiger partial charge in [0.25, 0.3) is 0 Å². The number of nitrogens with zero attached hydrogens (tertiary/aromatic N) is 2. The van der Waals surface area contributed by atoms with Crippen LogP contribution < -0.4 is 53.6 Å². The van der Waals surface area contributed by atoms with Gasteiger partial charge in [-0.05, 0) is 90.5 Å². The minimum Gasteiger partial charge on any atom is -0.550 e. The molecule has 0 aliphatic carbocycles. The Morgan fingerprint density at radius 1 is 0.814 bits per heavy atom. The fourth-order valence-corrected chi connectivity index (χ4v) is 7.48. The Bertz CT molecular complexity index is 1320. The Balaban J connectivity index is 0.00000423. The van der Waals surface area contributed by atoms with Gasteiger partial charge in [0.15, 0.2) is 23.0 Å². The molecule has 0 N–H and O–H groups in total. The SMILES string of the molecule is CC[C@H]1CN2CCc3cc(OC)c(OC)cc3[C@@H]2C[C@@H]1C[C@@H]1c2cc(OC)c(OC)cc2CCN1C(=O)CCC(=O)[O-].[Na+]. The van der Waals surface area contributed by atoms with Gasteiger partial charge < -0.3 is 33.7 Å². The Morgan fingerprint density at radius 3 is 1.95 bits per heavy atom. The van der Waals surface area contributed by atoms with Crippen LogP contribution in [0.25, 0.3) is 0 Å². The first-order chi connectivity index (χ1) is 20.3. The van der Waals surface area contributed by atoms with E-state index in [0.29, 0.717) is 36.3 Å². The summed E-state index contributed by atoms with van der Waals surface area (Å²) in [5, 5.41) is 11.2. The maximum atomic E-state index is 13.5. The molecule has 3 aliphatic rings. The Morgan fingerprint density at radius 2 is 1.37 bits per heavy atom. The number of hydrogen-bond donors (Lipinski definition) is 0. The number of fused-ring (bicyclic) bond motifs is 4. The van der Waals surface area contributed by atoms with E-state index in [0.717, 1.165) is 61.4 Å². The van der Waals surface area contributed by atoms with Crippen LogP contribution in [0.2, 0.25) is 0 Å². The number of piperidine rings is 1.